The molecule has 0 radical (unpaired) electrons. The third-order valence-corrected chi connectivity index (χ3v) is 5.68. The summed E-state index contributed by atoms with van der Waals surface area (Å²) in [5, 5.41) is 3.08. The fraction of sp³-hybridized carbons (Fsp3) is 0.560. The summed E-state index contributed by atoms with van der Waals surface area (Å²) >= 11 is 5.90. The van der Waals surface area contributed by atoms with Crippen LogP contribution in [0.1, 0.15) is 69.8 Å². The van der Waals surface area contributed by atoms with Gasteiger partial charge in [-0.05, 0) is 51.4 Å². The molecule has 34 heavy (non-hydrogen) atoms. The molecule has 1 aliphatic heterocycles. The van der Waals surface area contributed by atoms with Crippen molar-refractivity contribution in [1.82, 2.24) is 14.9 Å². The molecule has 2 heterocycles. The van der Waals surface area contributed by atoms with Gasteiger partial charge in [0, 0.05) is 30.1 Å². The molecule has 190 valence electrons. The second kappa shape index (κ2) is 14.9. The molecule has 3 rings (SSSR count). The van der Waals surface area contributed by atoms with Gasteiger partial charge in [0.15, 0.2) is 0 Å². The van der Waals surface area contributed by atoms with Crippen molar-refractivity contribution < 1.29 is 18.0 Å². The van der Waals surface area contributed by atoms with Gasteiger partial charge in [0.25, 0.3) is 6.43 Å². The predicted molar refractivity (Wildman–Crippen MR) is 132 cm³/mol. The first kappa shape index (κ1) is 29.8. The number of alkyl halides is 2. The lowest BCUT2D eigenvalue weighted by molar-refractivity contribution is -0.120. The van der Waals surface area contributed by atoms with E-state index in [0.29, 0.717) is 30.4 Å². The lowest BCUT2D eigenvalue weighted by atomic mass is 10.1. The molecule has 1 saturated heterocycles. The second-order valence-electron chi connectivity index (χ2n) is 7.81. The zero-order valence-corrected chi connectivity index (χ0v) is 21.6. The number of ketones is 1. The lowest BCUT2D eigenvalue weighted by Gasteiger charge is -2.14. The first-order valence-corrected chi connectivity index (χ1v) is 12.1. The predicted octanol–water partition coefficient (Wildman–Crippen LogP) is 6.50. The van der Waals surface area contributed by atoms with E-state index in [0.717, 1.165) is 36.8 Å². The molecule has 5 nitrogen and oxygen atoms in total. The first-order valence-electron chi connectivity index (χ1n) is 11.7. The maximum absolute atomic E-state index is 14.1. The largest absolute Gasteiger partial charge is 0.366 e. The number of aromatic nitrogens is 2. The van der Waals surface area contributed by atoms with Crippen molar-refractivity contribution in [3.8, 4) is 0 Å². The molecule has 0 bridgehead atoms. The van der Waals surface area contributed by atoms with E-state index in [1.54, 1.807) is 6.92 Å². The number of likely N-dealkylation sites (tertiary alicyclic amines) is 1. The Bertz CT molecular complexity index is 927. The van der Waals surface area contributed by atoms with E-state index in [-0.39, 0.29) is 17.4 Å². The molecule has 1 atom stereocenters. The first-order chi connectivity index (χ1) is 16.2. The highest BCUT2D eigenvalue weighted by Gasteiger charge is 2.22. The van der Waals surface area contributed by atoms with Crippen molar-refractivity contribution in [3.63, 3.8) is 0 Å². The van der Waals surface area contributed by atoms with Crippen LogP contribution in [0.5, 0.6) is 0 Å². The number of Topliss-reactive ketones (excluding diaryl/α,β-unsaturated/α-hetero) is 1. The molecule has 1 aromatic carbocycles. The van der Waals surface area contributed by atoms with Crippen LogP contribution in [0.2, 0.25) is 5.28 Å². The van der Waals surface area contributed by atoms with Crippen LogP contribution in [0, 0.1) is 11.7 Å². The molecule has 9 heteroatoms. The number of nitrogens with zero attached hydrogens (tertiary/aromatic N) is 3. The number of carbonyl (C=O) groups excluding carboxylic acids is 1. The SMILES string of the molecule is CC.CC(=O)C1CCN(C)C1.CCc1nc(Cl)nc(NCc2cccc(C(F)F)c2F)c1CC. The number of rotatable bonds is 7. The Morgan fingerprint density at radius 1 is 1.24 bits per heavy atom. The summed E-state index contributed by atoms with van der Waals surface area (Å²) in [6, 6.07) is 3.95. The monoisotopic (exact) mass is 500 g/mol. The molecule has 0 spiro atoms. The Balaban J connectivity index is 0.000000437. The Kier molecular flexibility index (Phi) is 13.1. The average molecular weight is 501 g/mol. The topological polar surface area (TPSA) is 58.1 Å². The van der Waals surface area contributed by atoms with Crippen LogP contribution in [-0.4, -0.2) is 40.8 Å². The van der Waals surface area contributed by atoms with Gasteiger partial charge in [-0.25, -0.2) is 23.1 Å². The van der Waals surface area contributed by atoms with Gasteiger partial charge in [0.1, 0.15) is 17.4 Å². The summed E-state index contributed by atoms with van der Waals surface area (Å²) < 4.78 is 39.5. The number of nitrogens with one attached hydrogen (secondary N) is 1. The minimum absolute atomic E-state index is 0.0376. The Labute approximate surface area is 206 Å². The number of halogens is 4. The molecule has 0 saturated carbocycles. The number of anilines is 1. The van der Waals surface area contributed by atoms with Gasteiger partial charge in [0.05, 0.1) is 11.3 Å². The van der Waals surface area contributed by atoms with Crippen molar-refractivity contribution >= 4 is 23.2 Å². The molecule has 0 aliphatic carbocycles. The third-order valence-electron chi connectivity index (χ3n) is 5.51. The summed E-state index contributed by atoms with van der Waals surface area (Å²) in [7, 11) is 2.06. The van der Waals surface area contributed by atoms with Crippen molar-refractivity contribution in [2.75, 3.05) is 25.5 Å². The Morgan fingerprint density at radius 3 is 2.38 bits per heavy atom. The van der Waals surface area contributed by atoms with Crippen LogP contribution in [0.3, 0.4) is 0 Å². The summed E-state index contributed by atoms with van der Waals surface area (Å²) in [5.41, 5.74) is 1.26. The molecule has 0 amide bonds. The zero-order valence-electron chi connectivity index (χ0n) is 20.9. The van der Waals surface area contributed by atoms with Gasteiger partial charge >= 0.3 is 0 Å². The van der Waals surface area contributed by atoms with Gasteiger partial charge in [-0.15, -0.1) is 0 Å². The minimum Gasteiger partial charge on any atom is -0.366 e. The van der Waals surface area contributed by atoms with E-state index < -0.39 is 17.8 Å². The standard InChI is InChI=1S/C16H17ClF3N3.C7H13NO.C2H6/c1-3-10-12(4-2)22-16(17)23-15(10)21-8-9-6-5-7-11(13(9)18)14(19)20;1-6(9)7-3-4-8(2)5-7;1-2/h5-7,14H,3-4,8H2,1-2H3,(H,21,22,23);7H,3-5H2,1-2H3;1-2H3. The van der Waals surface area contributed by atoms with E-state index in [1.807, 2.05) is 27.7 Å². The van der Waals surface area contributed by atoms with Crippen LogP contribution in [-0.2, 0) is 24.2 Å². The summed E-state index contributed by atoms with van der Waals surface area (Å²) in [5.74, 6) is 0.282. The van der Waals surface area contributed by atoms with E-state index in [4.69, 9.17) is 11.6 Å². The Morgan fingerprint density at radius 2 is 1.91 bits per heavy atom. The van der Waals surface area contributed by atoms with Crippen LogP contribution in [0.4, 0.5) is 19.0 Å². The van der Waals surface area contributed by atoms with Crippen molar-refractivity contribution in [2.24, 2.45) is 5.92 Å². The molecule has 2 aromatic rings. The van der Waals surface area contributed by atoms with Gasteiger partial charge in [-0.3, -0.25) is 4.79 Å². The smallest absolute Gasteiger partial charge is 0.266 e. The molecular formula is C25H36ClF3N4O. The van der Waals surface area contributed by atoms with Gasteiger partial charge < -0.3 is 10.2 Å². The average Bonchev–Trinajstić information content (AvgIpc) is 3.26. The Hall–Kier alpha value is -2.19. The van der Waals surface area contributed by atoms with E-state index in [2.05, 4.69) is 27.2 Å². The lowest BCUT2D eigenvalue weighted by Crippen LogP contribution is -2.17. The molecule has 1 fully saturated rings. The van der Waals surface area contributed by atoms with Crippen molar-refractivity contribution in [3.05, 3.63) is 51.7 Å². The molecule has 1 aromatic heterocycles. The zero-order chi connectivity index (χ0) is 25.8. The number of carbonyl (C=O) groups is 1. The van der Waals surface area contributed by atoms with E-state index in [9.17, 15) is 18.0 Å². The van der Waals surface area contributed by atoms with E-state index in [1.165, 1.54) is 12.1 Å². The number of hydrogen-bond donors (Lipinski definition) is 1. The highest BCUT2D eigenvalue weighted by Crippen LogP contribution is 2.25. The van der Waals surface area contributed by atoms with Gasteiger partial charge in [-0.1, -0.05) is 45.9 Å². The van der Waals surface area contributed by atoms with E-state index >= 15 is 0 Å². The van der Waals surface area contributed by atoms with Crippen molar-refractivity contribution in [2.45, 2.75) is 66.9 Å². The van der Waals surface area contributed by atoms with Crippen molar-refractivity contribution in [1.29, 1.82) is 0 Å². The molecule has 1 unspecified atom stereocenters. The molecule has 1 aliphatic rings. The van der Waals surface area contributed by atoms with Gasteiger partial charge in [0.2, 0.25) is 5.28 Å². The van der Waals surface area contributed by atoms with Crippen LogP contribution in [0.15, 0.2) is 18.2 Å². The fourth-order valence-electron chi connectivity index (χ4n) is 3.66. The maximum Gasteiger partial charge on any atom is 0.266 e. The molecule has 1 N–H and O–H groups in total. The van der Waals surface area contributed by atoms with Gasteiger partial charge in [-0.2, -0.15) is 0 Å². The second-order valence-corrected chi connectivity index (χ2v) is 8.14. The summed E-state index contributed by atoms with van der Waals surface area (Å²) in [4.78, 5) is 21.3. The van der Waals surface area contributed by atoms with Crippen LogP contribution >= 0.6 is 11.6 Å². The number of aryl methyl sites for hydroxylation is 1. The minimum atomic E-state index is -2.85. The summed E-state index contributed by atoms with van der Waals surface area (Å²) in [6.07, 6.45) is -0.412. The summed E-state index contributed by atoms with van der Waals surface area (Å²) in [6.45, 7) is 11.7. The number of hydrogen-bond acceptors (Lipinski definition) is 5. The normalized spacial score (nSPS) is 15.3. The third kappa shape index (κ3) is 8.55. The fourth-order valence-corrected chi connectivity index (χ4v) is 3.85. The quantitative estimate of drug-likeness (QED) is 0.440. The molecular weight excluding hydrogens is 465 g/mol. The maximum atomic E-state index is 14.1. The van der Waals surface area contributed by atoms with Crippen LogP contribution < -0.4 is 5.32 Å². The van der Waals surface area contributed by atoms with Crippen LogP contribution in [0.25, 0.3) is 0 Å². The highest BCUT2D eigenvalue weighted by atomic mass is 35.5. The highest BCUT2D eigenvalue weighted by molar-refractivity contribution is 6.28. The number of benzene rings is 1.